The number of anilines is 1. The Bertz CT molecular complexity index is 744. The van der Waals surface area contributed by atoms with Crippen molar-refractivity contribution in [2.24, 2.45) is 5.73 Å². The van der Waals surface area contributed by atoms with E-state index in [-0.39, 0.29) is 11.8 Å². The molecule has 0 spiro atoms. The first kappa shape index (κ1) is 17.5. The molecule has 24 heavy (non-hydrogen) atoms. The maximum atomic E-state index is 12.4. The molecule has 0 unspecified atom stereocenters. The number of nitrogens with two attached hydrogens (primary N) is 1. The van der Waals surface area contributed by atoms with Crippen LogP contribution in [0.1, 0.15) is 26.3 Å². The summed E-state index contributed by atoms with van der Waals surface area (Å²) < 4.78 is 5.20. The van der Waals surface area contributed by atoms with Crippen molar-refractivity contribution in [1.82, 2.24) is 5.32 Å². The Morgan fingerprint density at radius 1 is 1.12 bits per heavy atom. The summed E-state index contributed by atoms with van der Waals surface area (Å²) in [5.41, 5.74) is 7.77. The fraction of sp³-hybridized carbons (Fsp3) is 0.222. The van der Waals surface area contributed by atoms with E-state index in [4.69, 9.17) is 10.5 Å². The van der Waals surface area contributed by atoms with E-state index >= 15 is 0 Å². The second-order valence-electron chi connectivity index (χ2n) is 5.23. The average molecular weight is 327 g/mol. The summed E-state index contributed by atoms with van der Waals surface area (Å²) in [6.07, 6.45) is 0. The number of hydrogen-bond acceptors (Lipinski definition) is 4. The molecule has 0 fully saturated rings. The molecule has 6 nitrogen and oxygen atoms in total. The van der Waals surface area contributed by atoms with Gasteiger partial charge in [0.25, 0.3) is 11.8 Å². The Hall–Kier alpha value is -2.86. The molecule has 0 saturated heterocycles. The van der Waals surface area contributed by atoms with Gasteiger partial charge in [-0.05, 0) is 42.8 Å². The van der Waals surface area contributed by atoms with Crippen LogP contribution in [-0.2, 0) is 0 Å². The number of para-hydroxylation sites is 1. The monoisotopic (exact) mass is 327 g/mol. The van der Waals surface area contributed by atoms with Crippen molar-refractivity contribution in [1.29, 1.82) is 0 Å². The van der Waals surface area contributed by atoms with Crippen LogP contribution in [0.2, 0.25) is 0 Å². The van der Waals surface area contributed by atoms with Crippen LogP contribution in [0.4, 0.5) is 5.69 Å². The third-order valence-corrected chi connectivity index (χ3v) is 3.52. The Balaban J connectivity index is 2.15. The van der Waals surface area contributed by atoms with Crippen LogP contribution in [-0.4, -0.2) is 32.0 Å². The molecule has 0 atom stereocenters. The van der Waals surface area contributed by atoms with E-state index in [0.29, 0.717) is 35.7 Å². The van der Waals surface area contributed by atoms with E-state index in [1.807, 2.05) is 6.92 Å². The van der Waals surface area contributed by atoms with Crippen LogP contribution in [0.25, 0.3) is 0 Å². The van der Waals surface area contributed by atoms with Gasteiger partial charge in [0.1, 0.15) is 5.75 Å². The van der Waals surface area contributed by atoms with Gasteiger partial charge in [-0.3, -0.25) is 9.59 Å². The molecule has 0 aliphatic rings. The molecular weight excluding hydrogens is 306 g/mol. The Kier molecular flexibility index (Phi) is 5.92. The van der Waals surface area contributed by atoms with E-state index in [0.717, 1.165) is 5.56 Å². The summed E-state index contributed by atoms with van der Waals surface area (Å²) in [6.45, 7) is 2.64. The van der Waals surface area contributed by atoms with E-state index in [9.17, 15) is 9.59 Å². The molecule has 0 aromatic heterocycles. The zero-order valence-corrected chi connectivity index (χ0v) is 13.8. The maximum Gasteiger partial charge on any atom is 0.259 e. The number of rotatable bonds is 6. The highest BCUT2D eigenvalue weighted by Gasteiger charge is 2.13. The van der Waals surface area contributed by atoms with Crippen molar-refractivity contribution in [3.8, 4) is 5.75 Å². The maximum absolute atomic E-state index is 12.4. The summed E-state index contributed by atoms with van der Waals surface area (Å²) in [7, 11) is 1.52. The van der Waals surface area contributed by atoms with E-state index in [1.54, 1.807) is 42.5 Å². The van der Waals surface area contributed by atoms with Gasteiger partial charge in [-0.2, -0.15) is 0 Å². The van der Waals surface area contributed by atoms with Crippen molar-refractivity contribution >= 4 is 17.5 Å². The molecule has 2 rings (SSSR count). The van der Waals surface area contributed by atoms with E-state index in [2.05, 4.69) is 10.6 Å². The van der Waals surface area contributed by atoms with Gasteiger partial charge in [0, 0.05) is 24.3 Å². The van der Waals surface area contributed by atoms with Gasteiger partial charge in [-0.15, -0.1) is 0 Å². The van der Waals surface area contributed by atoms with Crippen molar-refractivity contribution < 1.29 is 14.3 Å². The normalized spacial score (nSPS) is 10.1. The van der Waals surface area contributed by atoms with E-state index < -0.39 is 0 Å². The number of methoxy groups -OCH3 is 1. The molecule has 4 N–H and O–H groups in total. The fourth-order valence-corrected chi connectivity index (χ4v) is 2.25. The first-order valence-corrected chi connectivity index (χ1v) is 7.60. The summed E-state index contributed by atoms with van der Waals surface area (Å²) in [5, 5.41) is 5.55. The number of nitrogens with one attached hydrogen (secondary N) is 2. The van der Waals surface area contributed by atoms with Gasteiger partial charge in [0.2, 0.25) is 0 Å². The van der Waals surface area contributed by atoms with E-state index in [1.165, 1.54) is 7.11 Å². The van der Waals surface area contributed by atoms with Gasteiger partial charge in [0.15, 0.2) is 0 Å². The topological polar surface area (TPSA) is 93.4 Å². The molecule has 0 aliphatic carbocycles. The van der Waals surface area contributed by atoms with Crippen LogP contribution >= 0.6 is 0 Å². The second kappa shape index (κ2) is 8.12. The van der Waals surface area contributed by atoms with Gasteiger partial charge >= 0.3 is 0 Å². The van der Waals surface area contributed by atoms with Crippen molar-refractivity contribution in [2.75, 3.05) is 25.5 Å². The predicted octanol–water partition coefficient (Wildman–Crippen LogP) is 1.94. The lowest BCUT2D eigenvalue weighted by molar-refractivity contribution is 0.0954. The number of carbonyl (C=O) groups excluding carboxylic acids is 2. The molecule has 126 valence electrons. The standard InChI is InChI=1S/C18H21N3O3/c1-12-11-13(17(22)20-10-9-19)7-8-15(12)21-18(23)14-5-3-4-6-16(14)24-2/h3-8,11H,9-10,19H2,1-2H3,(H,20,22)(H,21,23). The minimum absolute atomic E-state index is 0.189. The number of hydrogen-bond donors (Lipinski definition) is 3. The fourth-order valence-electron chi connectivity index (χ4n) is 2.25. The number of carbonyl (C=O) groups is 2. The average Bonchev–Trinajstić information content (AvgIpc) is 2.61. The van der Waals surface area contributed by atoms with Gasteiger partial charge in [-0.1, -0.05) is 12.1 Å². The number of aryl methyl sites for hydroxylation is 1. The number of benzene rings is 2. The third-order valence-electron chi connectivity index (χ3n) is 3.52. The second-order valence-corrected chi connectivity index (χ2v) is 5.23. The predicted molar refractivity (Wildman–Crippen MR) is 93.5 cm³/mol. The Labute approximate surface area is 141 Å². The summed E-state index contributed by atoms with van der Waals surface area (Å²) in [5.74, 6) is 0.0486. The Morgan fingerprint density at radius 3 is 2.54 bits per heavy atom. The van der Waals surface area contributed by atoms with Crippen LogP contribution in [0, 0.1) is 6.92 Å². The first-order chi connectivity index (χ1) is 11.6. The molecule has 6 heteroatoms. The van der Waals surface area contributed by atoms with Crippen molar-refractivity contribution in [3.63, 3.8) is 0 Å². The number of ether oxygens (including phenoxy) is 1. The lowest BCUT2D eigenvalue weighted by atomic mass is 10.1. The van der Waals surface area contributed by atoms with Gasteiger partial charge in [-0.25, -0.2) is 0 Å². The SMILES string of the molecule is COc1ccccc1C(=O)Nc1ccc(C(=O)NCCN)cc1C. The van der Waals surface area contributed by atoms with Gasteiger partial charge < -0.3 is 21.1 Å². The van der Waals surface area contributed by atoms with Crippen LogP contribution in [0.5, 0.6) is 5.75 Å². The summed E-state index contributed by atoms with van der Waals surface area (Å²) in [4.78, 5) is 24.3. The third kappa shape index (κ3) is 4.11. The van der Waals surface area contributed by atoms with Gasteiger partial charge in [0.05, 0.1) is 12.7 Å². The minimum Gasteiger partial charge on any atom is -0.496 e. The zero-order valence-electron chi connectivity index (χ0n) is 13.8. The minimum atomic E-state index is -0.268. The molecule has 2 amide bonds. The quantitative estimate of drug-likeness (QED) is 0.756. The molecular formula is C18H21N3O3. The molecule has 0 radical (unpaired) electrons. The summed E-state index contributed by atoms with van der Waals surface area (Å²) in [6, 6.07) is 12.1. The molecule has 0 aliphatic heterocycles. The van der Waals surface area contributed by atoms with Crippen molar-refractivity contribution in [3.05, 3.63) is 59.2 Å². The molecule has 0 heterocycles. The smallest absolute Gasteiger partial charge is 0.259 e. The molecule has 0 bridgehead atoms. The number of amides is 2. The van der Waals surface area contributed by atoms with Crippen LogP contribution < -0.4 is 21.1 Å². The lowest BCUT2D eigenvalue weighted by Gasteiger charge is -2.12. The Morgan fingerprint density at radius 2 is 1.88 bits per heavy atom. The zero-order chi connectivity index (χ0) is 17.5. The van der Waals surface area contributed by atoms with Crippen LogP contribution in [0.15, 0.2) is 42.5 Å². The highest BCUT2D eigenvalue weighted by molar-refractivity contribution is 6.06. The summed E-state index contributed by atoms with van der Waals surface area (Å²) >= 11 is 0. The van der Waals surface area contributed by atoms with Crippen molar-refractivity contribution in [2.45, 2.75) is 6.92 Å². The van der Waals surface area contributed by atoms with Crippen LogP contribution in [0.3, 0.4) is 0 Å². The first-order valence-electron chi connectivity index (χ1n) is 7.60. The highest BCUT2D eigenvalue weighted by Crippen LogP contribution is 2.21. The molecule has 2 aromatic carbocycles. The largest absolute Gasteiger partial charge is 0.496 e. The lowest BCUT2D eigenvalue weighted by Crippen LogP contribution is -2.29. The highest BCUT2D eigenvalue weighted by atomic mass is 16.5. The molecule has 0 saturated carbocycles. The molecule has 2 aromatic rings.